The van der Waals surface area contributed by atoms with Gasteiger partial charge >= 0.3 is 0 Å². The molecule has 1 N–H and O–H groups in total. The standard InChI is InChI=1S/C15H22BrNO/c1-3-17(10-12-5-4-6-12)13-7-8-14(11(2)18)15(16)9-13/h7-9,11-12,18H,3-6,10H2,1-2H3/t11-/m1/s1. The van der Waals surface area contributed by atoms with Crippen molar-refractivity contribution in [3.63, 3.8) is 0 Å². The minimum atomic E-state index is -0.421. The highest BCUT2D eigenvalue weighted by molar-refractivity contribution is 9.10. The van der Waals surface area contributed by atoms with Crippen molar-refractivity contribution in [3.8, 4) is 0 Å². The second kappa shape index (κ2) is 6.07. The summed E-state index contributed by atoms with van der Waals surface area (Å²) in [5.41, 5.74) is 2.21. The van der Waals surface area contributed by atoms with Crippen molar-refractivity contribution in [1.29, 1.82) is 0 Å². The van der Waals surface area contributed by atoms with E-state index in [4.69, 9.17) is 0 Å². The van der Waals surface area contributed by atoms with Gasteiger partial charge in [0, 0.05) is 23.2 Å². The number of aliphatic hydroxyl groups is 1. The van der Waals surface area contributed by atoms with Gasteiger partial charge in [0.2, 0.25) is 0 Å². The first-order valence-electron chi connectivity index (χ1n) is 6.84. The van der Waals surface area contributed by atoms with Crippen LogP contribution in [0, 0.1) is 5.92 Å². The Balaban J connectivity index is 2.12. The topological polar surface area (TPSA) is 23.5 Å². The van der Waals surface area contributed by atoms with E-state index in [0.29, 0.717) is 0 Å². The molecule has 1 saturated carbocycles. The van der Waals surface area contributed by atoms with Gasteiger partial charge in [-0.2, -0.15) is 0 Å². The first-order valence-corrected chi connectivity index (χ1v) is 7.63. The molecular formula is C15H22BrNO. The van der Waals surface area contributed by atoms with Gasteiger partial charge in [-0.05, 0) is 50.3 Å². The van der Waals surface area contributed by atoms with Crippen molar-refractivity contribution in [3.05, 3.63) is 28.2 Å². The van der Waals surface area contributed by atoms with Crippen molar-refractivity contribution in [2.45, 2.75) is 39.2 Å². The Morgan fingerprint density at radius 1 is 1.44 bits per heavy atom. The van der Waals surface area contributed by atoms with Gasteiger partial charge in [0.25, 0.3) is 0 Å². The molecule has 0 heterocycles. The summed E-state index contributed by atoms with van der Waals surface area (Å²) in [6.07, 6.45) is 3.73. The maximum absolute atomic E-state index is 9.64. The zero-order valence-corrected chi connectivity index (χ0v) is 12.8. The van der Waals surface area contributed by atoms with Gasteiger partial charge in [-0.3, -0.25) is 0 Å². The molecule has 1 atom stereocenters. The van der Waals surface area contributed by atoms with Crippen LogP contribution in [0.3, 0.4) is 0 Å². The molecule has 0 amide bonds. The Bertz CT molecular complexity index is 401. The third-order valence-electron chi connectivity index (χ3n) is 3.88. The van der Waals surface area contributed by atoms with E-state index in [2.05, 4.69) is 39.9 Å². The normalized spacial score (nSPS) is 17.3. The average Bonchev–Trinajstić information content (AvgIpc) is 2.27. The fourth-order valence-corrected chi connectivity index (χ4v) is 3.15. The van der Waals surface area contributed by atoms with Crippen LogP contribution >= 0.6 is 15.9 Å². The van der Waals surface area contributed by atoms with Crippen molar-refractivity contribution < 1.29 is 5.11 Å². The summed E-state index contributed by atoms with van der Waals surface area (Å²) in [6, 6.07) is 6.27. The average molecular weight is 312 g/mol. The van der Waals surface area contributed by atoms with E-state index in [-0.39, 0.29) is 0 Å². The van der Waals surface area contributed by atoms with Gasteiger partial charge in [-0.25, -0.2) is 0 Å². The minimum Gasteiger partial charge on any atom is -0.389 e. The molecule has 0 bridgehead atoms. The summed E-state index contributed by atoms with van der Waals surface area (Å²) in [4.78, 5) is 2.43. The Morgan fingerprint density at radius 3 is 2.61 bits per heavy atom. The van der Waals surface area contributed by atoms with Gasteiger partial charge in [0.05, 0.1) is 6.10 Å². The smallest absolute Gasteiger partial charge is 0.0772 e. The SMILES string of the molecule is CCN(CC1CCC1)c1ccc([C@@H](C)O)c(Br)c1. The third kappa shape index (κ3) is 3.07. The number of anilines is 1. The minimum absolute atomic E-state index is 0.421. The Morgan fingerprint density at radius 2 is 2.17 bits per heavy atom. The Kier molecular flexibility index (Phi) is 4.68. The molecule has 1 aliphatic carbocycles. The second-order valence-electron chi connectivity index (χ2n) is 5.22. The first kappa shape index (κ1) is 13.9. The first-order chi connectivity index (χ1) is 8.61. The molecule has 1 fully saturated rings. The van der Waals surface area contributed by atoms with Crippen molar-refractivity contribution in [1.82, 2.24) is 0 Å². The summed E-state index contributed by atoms with van der Waals surface area (Å²) < 4.78 is 1.00. The van der Waals surface area contributed by atoms with E-state index in [1.54, 1.807) is 6.92 Å². The maximum Gasteiger partial charge on any atom is 0.0772 e. The quantitative estimate of drug-likeness (QED) is 0.884. The van der Waals surface area contributed by atoms with Gasteiger partial charge in [0.15, 0.2) is 0 Å². The predicted molar refractivity (Wildman–Crippen MR) is 80.0 cm³/mol. The molecule has 1 aliphatic rings. The molecule has 2 nitrogen and oxygen atoms in total. The molecule has 0 unspecified atom stereocenters. The lowest BCUT2D eigenvalue weighted by Gasteiger charge is -2.33. The maximum atomic E-state index is 9.64. The van der Waals surface area contributed by atoms with E-state index in [1.807, 2.05) is 6.07 Å². The van der Waals surface area contributed by atoms with Crippen LogP contribution in [0.4, 0.5) is 5.69 Å². The number of rotatable bonds is 5. The Labute approximate surface area is 118 Å². The lowest BCUT2D eigenvalue weighted by Crippen LogP contribution is -2.32. The highest BCUT2D eigenvalue weighted by Gasteiger charge is 2.20. The van der Waals surface area contributed by atoms with Gasteiger partial charge in [0.1, 0.15) is 0 Å². The monoisotopic (exact) mass is 311 g/mol. The molecule has 100 valence electrons. The van der Waals surface area contributed by atoms with E-state index in [1.165, 1.54) is 24.9 Å². The van der Waals surface area contributed by atoms with Crippen LogP contribution in [0.25, 0.3) is 0 Å². The molecule has 3 heteroatoms. The van der Waals surface area contributed by atoms with E-state index in [9.17, 15) is 5.11 Å². The summed E-state index contributed by atoms with van der Waals surface area (Å²) >= 11 is 3.56. The summed E-state index contributed by atoms with van der Waals surface area (Å²) in [5, 5.41) is 9.64. The number of aliphatic hydroxyl groups excluding tert-OH is 1. The van der Waals surface area contributed by atoms with Crippen molar-refractivity contribution in [2.24, 2.45) is 5.92 Å². The zero-order valence-electron chi connectivity index (χ0n) is 11.2. The number of nitrogens with zero attached hydrogens (tertiary/aromatic N) is 1. The zero-order chi connectivity index (χ0) is 13.1. The molecule has 1 aromatic carbocycles. The molecule has 2 rings (SSSR count). The van der Waals surface area contributed by atoms with E-state index in [0.717, 1.165) is 29.0 Å². The lowest BCUT2D eigenvalue weighted by molar-refractivity contribution is 0.198. The van der Waals surface area contributed by atoms with Crippen LogP contribution in [-0.2, 0) is 0 Å². The molecule has 0 aliphatic heterocycles. The molecule has 0 radical (unpaired) electrons. The molecule has 0 saturated heterocycles. The third-order valence-corrected chi connectivity index (χ3v) is 4.57. The van der Waals surface area contributed by atoms with Crippen LogP contribution in [0.2, 0.25) is 0 Å². The lowest BCUT2D eigenvalue weighted by atomic mass is 9.85. The van der Waals surface area contributed by atoms with Crippen LogP contribution in [0.15, 0.2) is 22.7 Å². The van der Waals surface area contributed by atoms with Crippen LogP contribution in [-0.4, -0.2) is 18.2 Å². The number of halogens is 1. The molecule has 0 aromatic heterocycles. The summed E-state index contributed by atoms with van der Waals surface area (Å²) in [5.74, 6) is 0.875. The fraction of sp³-hybridized carbons (Fsp3) is 0.600. The molecule has 0 spiro atoms. The summed E-state index contributed by atoms with van der Waals surface area (Å²) in [7, 11) is 0. The van der Waals surface area contributed by atoms with Crippen LogP contribution in [0.1, 0.15) is 44.8 Å². The van der Waals surface area contributed by atoms with E-state index >= 15 is 0 Å². The van der Waals surface area contributed by atoms with Crippen molar-refractivity contribution in [2.75, 3.05) is 18.0 Å². The number of hydrogen-bond donors (Lipinski definition) is 1. The molecule has 1 aromatic rings. The van der Waals surface area contributed by atoms with Crippen LogP contribution < -0.4 is 4.90 Å². The van der Waals surface area contributed by atoms with Gasteiger partial charge in [-0.15, -0.1) is 0 Å². The second-order valence-corrected chi connectivity index (χ2v) is 6.07. The van der Waals surface area contributed by atoms with Gasteiger partial charge < -0.3 is 10.0 Å². The molecule has 18 heavy (non-hydrogen) atoms. The largest absolute Gasteiger partial charge is 0.389 e. The number of hydrogen-bond acceptors (Lipinski definition) is 2. The molecular weight excluding hydrogens is 290 g/mol. The summed E-state index contributed by atoms with van der Waals surface area (Å²) in [6.45, 7) is 6.20. The fourth-order valence-electron chi connectivity index (χ4n) is 2.46. The highest BCUT2D eigenvalue weighted by Crippen LogP contribution is 2.31. The van der Waals surface area contributed by atoms with Gasteiger partial charge in [-0.1, -0.05) is 28.4 Å². The van der Waals surface area contributed by atoms with Crippen LogP contribution in [0.5, 0.6) is 0 Å². The highest BCUT2D eigenvalue weighted by atomic mass is 79.9. The Hall–Kier alpha value is -0.540. The number of benzene rings is 1. The van der Waals surface area contributed by atoms with Crippen molar-refractivity contribution >= 4 is 21.6 Å². The van der Waals surface area contributed by atoms with E-state index < -0.39 is 6.10 Å². The predicted octanol–water partition coefficient (Wildman–Crippen LogP) is 4.13.